The third-order valence-corrected chi connectivity index (χ3v) is 12.1. The highest BCUT2D eigenvalue weighted by molar-refractivity contribution is 6.26. The Bertz CT molecular complexity index is 3700. The molecule has 0 radical (unpaired) electrons. The van der Waals surface area contributed by atoms with Gasteiger partial charge in [0.1, 0.15) is 11.5 Å². The van der Waals surface area contributed by atoms with Crippen molar-refractivity contribution in [1.29, 1.82) is 0 Å². The van der Waals surface area contributed by atoms with Crippen molar-refractivity contribution in [2.45, 2.75) is 0 Å². The van der Waals surface area contributed by atoms with Crippen molar-refractivity contribution < 1.29 is 4.74 Å². The van der Waals surface area contributed by atoms with Crippen LogP contribution >= 0.6 is 0 Å². The van der Waals surface area contributed by atoms with Gasteiger partial charge in [-0.25, -0.2) is 9.97 Å². The van der Waals surface area contributed by atoms with Crippen LogP contribution in [-0.4, -0.2) is 19.1 Å². The molecule has 0 saturated heterocycles. The lowest BCUT2D eigenvalue weighted by atomic mass is 9.92. The molecule has 9 aromatic carbocycles. The van der Waals surface area contributed by atoms with E-state index in [0.717, 1.165) is 88.6 Å². The van der Waals surface area contributed by atoms with Gasteiger partial charge in [-0.1, -0.05) is 133 Å². The molecule has 5 nitrogen and oxygen atoms in total. The fraction of sp³-hybridized carbons (Fsp3) is 0. The average Bonchev–Trinajstić information content (AvgIpc) is 3.81. The summed E-state index contributed by atoms with van der Waals surface area (Å²) in [6.45, 7) is 0. The molecule has 0 N–H and O–H groups in total. The normalized spacial score (nSPS) is 12.2. The molecule has 3 aromatic heterocycles. The van der Waals surface area contributed by atoms with Gasteiger partial charge in [0.05, 0.1) is 33.3 Å². The Hall–Kier alpha value is -8.02. The van der Waals surface area contributed by atoms with Crippen LogP contribution in [0.4, 0.5) is 0 Å². The molecule has 12 aromatic rings. The quantitative estimate of drug-likeness (QED) is 0.180. The summed E-state index contributed by atoms with van der Waals surface area (Å²) in [6.07, 6.45) is 0. The fourth-order valence-electron chi connectivity index (χ4n) is 9.54. The maximum Gasteiger partial charge on any atom is 0.235 e. The molecule has 0 unspecified atom stereocenters. The van der Waals surface area contributed by atoms with Gasteiger partial charge in [-0.2, -0.15) is 0 Å². The van der Waals surface area contributed by atoms with Gasteiger partial charge in [0.15, 0.2) is 0 Å². The minimum atomic E-state index is 0.615. The van der Waals surface area contributed by atoms with Crippen LogP contribution in [0.3, 0.4) is 0 Å². The first-order valence-electron chi connectivity index (χ1n) is 20.0. The highest BCUT2D eigenvalue weighted by Crippen LogP contribution is 2.51. The van der Waals surface area contributed by atoms with Crippen LogP contribution in [0.15, 0.2) is 194 Å². The van der Waals surface area contributed by atoms with E-state index in [4.69, 9.17) is 14.7 Å². The Balaban J connectivity index is 1.11. The summed E-state index contributed by atoms with van der Waals surface area (Å²) < 4.78 is 11.4. The second-order valence-corrected chi connectivity index (χ2v) is 15.3. The Morgan fingerprint density at radius 3 is 1.85 bits per heavy atom. The van der Waals surface area contributed by atoms with Gasteiger partial charge in [-0.05, 0) is 76.7 Å². The Labute approximate surface area is 338 Å². The van der Waals surface area contributed by atoms with Crippen LogP contribution in [-0.2, 0) is 0 Å². The summed E-state index contributed by atoms with van der Waals surface area (Å²) in [7, 11) is 0. The number of hydrogen-bond acceptors (Lipinski definition) is 3. The van der Waals surface area contributed by atoms with Crippen molar-refractivity contribution in [2.75, 3.05) is 0 Å². The third-order valence-electron chi connectivity index (χ3n) is 12.1. The largest absolute Gasteiger partial charge is 0.456 e. The number of benzene rings is 9. The minimum Gasteiger partial charge on any atom is -0.456 e. The molecule has 1 aliphatic heterocycles. The second-order valence-electron chi connectivity index (χ2n) is 15.3. The maximum absolute atomic E-state index is 6.75. The highest BCUT2D eigenvalue weighted by Gasteiger charge is 2.26. The fourth-order valence-corrected chi connectivity index (χ4v) is 9.54. The molecule has 0 saturated carbocycles. The van der Waals surface area contributed by atoms with Crippen LogP contribution in [0.2, 0.25) is 0 Å². The number of hydrogen-bond donors (Lipinski definition) is 0. The first-order chi connectivity index (χ1) is 29.3. The van der Waals surface area contributed by atoms with Crippen LogP contribution in [0, 0.1) is 0 Å². The highest BCUT2D eigenvalue weighted by atomic mass is 16.5. The standard InChI is InChI=1S/C54H32N4O/c1-3-14-33(15-4-1)53-40-20-7-10-23-44(40)55-54(56-53)58-47-29-27-35(34-26-28-46-42(30-34)37-18-8-11-24-45(37)57(46)36-16-5-2-6-17-36)31-43(47)51-41-22-13-21-39-38-19-9-12-25-49(38)59-50(52(39)41)32-48(51)58/h1-32H. The van der Waals surface area contributed by atoms with E-state index in [0.29, 0.717) is 5.95 Å². The Morgan fingerprint density at radius 1 is 0.356 bits per heavy atom. The lowest BCUT2D eigenvalue weighted by Crippen LogP contribution is -2.04. The van der Waals surface area contributed by atoms with Gasteiger partial charge in [0.25, 0.3) is 0 Å². The molecule has 13 rings (SSSR count). The van der Waals surface area contributed by atoms with Gasteiger partial charge in [-0.15, -0.1) is 0 Å². The molecule has 4 heterocycles. The van der Waals surface area contributed by atoms with E-state index >= 15 is 0 Å². The predicted molar refractivity (Wildman–Crippen MR) is 242 cm³/mol. The lowest BCUT2D eigenvalue weighted by Gasteiger charge is -2.22. The number of para-hydroxylation sites is 4. The first-order valence-corrected chi connectivity index (χ1v) is 20.0. The summed E-state index contributed by atoms with van der Waals surface area (Å²) in [5, 5.41) is 7.99. The second kappa shape index (κ2) is 12.2. The number of aromatic nitrogens is 4. The van der Waals surface area contributed by atoms with Crippen molar-refractivity contribution in [3.05, 3.63) is 194 Å². The van der Waals surface area contributed by atoms with E-state index in [2.05, 4.69) is 185 Å². The van der Waals surface area contributed by atoms with E-state index in [1.807, 2.05) is 18.2 Å². The summed E-state index contributed by atoms with van der Waals surface area (Å²) in [4.78, 5) is 10.7. The molecule has 1 aliphatic rings. The van der Waals surface area contributed by atoms with Crippen molar-refractivity contribution >= 4 is 65.3 Å². The molecule has 0 fully saturated rings. The summed E-state index contributed by atoms with van der Waals surface area (Å²) in [6, 6.07) is 68.9. The molecule has 0 atom stereocenters. The van der Waals surface area contributed by atoms with Gasteiger partial charge in [0.2, 0.25) is 5.95 Å². The Morgan fingerprint density at radius 2 is 1.00 bits per heavy atom. The number of ether oxygens (including phenoxy) is 1. The Kier molecular flexibility index (Phi) is 6.66. The molecule has 0 spiro atoms. The van der Waals surface area contributed by atoms with Crippen LogP contribution < -0.4 is 4.74 Å². The molecule has 274 valence electrons. The van der Waals surface area contributed by atoms with Crippen LogP contribution in [0.5, 0.6) is 11.5 Å². The SMILES string of the molecule is c1ccc(-c2nc(-n3c4ccc(-c5ccc6c(c5)c5ccccc5n6-c5ccccc5)cc4c4c5cccc6c5c(cc43)Oc3ccccc3-6)nc3ccccc23)cc1. The molecule has 0 bridgehead atoms. The number of nitrogens with zero attached hydrogens (tertiary/aromatic N) is 4. The van der Waals surface area contributed by atoms with Crippen LogP contribution in [0.1, 0.15) is 0 Å². The zero-order valence-corrected chi connectivity index (χ0v) is 31.7. The van der Waals surface area contributed by atoms with E-state index in [-0.39, 0.29) is 0 Å². The lowest BCUT2D eigenvalue weighted by molar-refractivity contribution is 0.487. The van der Waals surface area contributed by atoms with E-state index < -0.39 is 0 Å². The van der Waals surface area contributed by atoms with Gasteiger partial charge in [-0.3, -0.25) is 4.57 Å². The van der Waals surface area contributed by atoms with E-state index in [1.165, 1.54) is 27.4 Å². The third kappa shape index (κ3) is 4.67. The van der Waals surface area contributed by atoms with Crippen molar-refractivity contribution in [3.8, 4) is 56.6 Å². The van der Waals surface area contributed by atoms with Crippen molar-refractivity contribution in [1.82, 2.24) is 19.1 Å². The zero-order chi connectivity index (χ0) is 38.6. The maximum atomic E-state index is 6.75. The smallest absolute Gasteiger partial charge is 0.235 e. The summed E-state index contributed by atoms with van der Waals surface area (Å²) in [5.41, 5.74) is 12.9. The predicted octanol–water partition coefficient (Wildman–Crippen LogP) is 14.1. The zero-order valence-electron chi connectivity index (χ0n) is 31.7. The molecular weight excluding hydrogens is 721 g/mol. The number of rotatable bonds is 4. The molecule has 5 heteroatoms. The van der Waals surface area contributed by atoms with Crippen LogP contribution in [0.25, 0.3) is 110 Å². The van der Waals surface area contributed by atoms with Crippen molar-refractivity contribution in [3.63, 3.8) is 0 Å². The van der Waals surface area contributed by atoms with Gasteiger partial charge >= 0.3 is 0 Å². The molecule has 0 aliphatic carbocycles. The topological polar surface area (TPSA) is 44.9 Å². The minimum absolute atomic E-state index is 0.615. The molecule has 59 heavy (non-hydrogen) atoms. The van der Waals surface area contributed by atoms with Crippen molar-refractivity contribution in [2.24, 2.45) is 0 Å². The molecule has 0 amide bonds. The monoisotopic (exact) mass is 752 g/mol. The summed E-state index contributed by atoms with van der Waals surface area (Å²) >= 11 is 0. The van der Waals surface area contributed by atoms with Gasteiger partial charge in [0, 0.05) is 55.2 Å². The molecular formula is C54H32N4O. The average molecular weight is 753 g/mol. The van der Waals surface area contributed by atoms with E-state index in [9.17, 15) is 0 Å². The van der Waals surface area contributed by atoms with Gasteiger partial charge < -0.3 is 9.30 Å². The van der Waals surface area contributed by atoms with E-state index in [1.54, 1.807) is 0 Å². The number of fused-ring (bicyclic) bond motifs is 10. The first kappa shape index (κ1) is 32.1. The summed E-state index contributed by atoms with van der Waals surface area (Å²) in [5.74, 6) is 2.30.